The van der Waals surface area contributed by atoms with Gasteiger partial charge >= 0.3 is 0 Å². The Labute approximate surface area is 134 Å². The van der Waals surface area contributed by atoms with E-state index in [1.807, 2.05) is 0 Å². The van der Waals surface area contributed by atoms with Crippen molar-refractivity contribution < 1.29 is 17.9 Å². The van der Waals surface area contributed by atoms with E-state index in [1.54, 1.807) is 31.4 Å². The van der Waals surface area contributed by atoms with Crippen LogP contribution >= 0.6 is 0 Å². The smallest absolute Gasteiger partial charge is 0.257 e. The second kappa shape index (κ2) is 6.57. The number of methoxy groups -OCH3 is 1. The molecule has 0 heterocycles. The molecule has 0 saturated carbocycles. The lowest BCUT2D eigenvalue weighted by molar-refractivity contribution is 0.102. The van der Waals surface area contributed by atoms with Crippen molar-refractivity contribution >= 4 is 33.0 Å². The molecule has 0 aliphatic rings. The Balaban J connectivity index is 2.15. The average Bonchev–Trinajstić information content (AvgIpc) is 2.46. The summed E-state index contributed by atoms with van der Waals surface area (Å²) in [4.78, 5) is 12.2. The van der Waals surface area contributed by atoms with E-state index in [-0.39, 0.29) is 11.3 Å². The van der Waals surface area contributed by atoms with Gasteiger partial charge in [0.1, 0.15) is 5.75 Å². The van der Waals surface area contributed by atoms with Gasteiger partial charge in [-0.1, -0.05) is 0 Å². The SMILES string of the molecule is COc1ccc(NC(=O)c2ccc(NS(C)(=O)=O)cc2N)cc1. The summed E-state index contributed by atoms with van der Waals surface area (Å²) in [6, 6.07) is 11.2. The van der Waals surface area contributed by atoms with E-state index >= 15 is 0 Å². The Morgan fingerprint density at radius 3 is 2.22 bits per heavy atom. The van der Waals surface area contributed by atoms with Crippen LogP contribution in [0.15, 0.2) is 42.5 Å². The third-order valence-corrected chi connectivity index (χ3v) is 3.55. The minimum Gasteiger partial charge on any atom is -0.497 e. The normalized spacial score (nSPS) is 10.9. The van der Waals surface area contributed by atoms with Gasteiger partial charge in [0, 0.05) is 11.4 Å². The molecule has 0 fully saturated rings. The topological polar surface area (TPSA) is 111 Å². The minimum atomic E-state index is -3.40. The first-order valence-electron chi connectivity index (χ1n) is 6.61. The maximum Gasteiger partial charge on any atom is 0.257 e. The molecule has 0 radical (unpaired) electrons. The fraction of sp³-hybridized carbons (Fsp3) is 0.133. The first kappa shape index (κ1) is 16.6. The quantitative estimate of drug-likeness (QED) is 0.723. The molecule has 7 nitrogen and oxygen atoms in total. The van der Waals surface area contributed by atoms with Crippen LogP contribution in [0.25, 0.3) is 0 Å². The first-order valence-corrected chi connectivity index (χ1v) is 8.50. The van der Waals surface area contributed by atoms with Crippen molar-refractivity contribution in [3.8, 4) is 5.75 Å². The van der Waals surface area contributed by atoms with E-state index in [4.69, 9.17) is 10.5 Å². The Kier molecular flexibility index (Phi) is 4.75. The second-order valence-electron chi connectivity index (χ2n) is 4.86. The van der Waals surface area contributed by atoms with Crippen molar-refractivity contribution in [2.45, 2.75) is 0 Å². The summed E-state index contributed by atoms with van der Waals surface area (Å²) in [5.74, 6) is 0.289. The van der Waals surface area contributed by atoms with E-state index in [9.17, 15) is 13.2 Å². The molecule has 0 spiro atoms. The summed E-state index contributed by atoms with van der Waals surface area (Å²) < 4.78 is 29.7. The summed E-state index contributed by atoms with van der Waals surface area (Å²) >= 11 is 0. The highest BCUT2D eigenvalue weighted by molar-refractivity contribution is 7.92. The number of anilines is 3. The van der Waals surface area contributed by atoms with Crippen molar-refractivity contribution in [2.24, 2.45) is 0 Å². The molecule has 0 saturated heterocycles. The van der Waals surface area contributed by atoms with Crippen molar-refractivity contribution in [1.29, 1.82) is 0 Å². The van der Waals surface area contributed by atoms with E-state index in [1.165, 1.54) is 18.2 Å². The zero-order valence-electron chi connectivity index (χ0n) is 12.7. The minimum absolute atomic E-state index is 0.171. The van der Waals surface area contributed by atoms with Crippen LogP contribution in [0.4, 0.5) is 17.1 Å². The number of ether oxygens (including phenoxy) is 1. The molecule has 23 heavy (non-hydrogen) atoms. The predicted molar refractivity (Wildman–Crippen MR) is 90.3 cm³/mol. The van der Waals surface area contributed by atoms with Gasteiger partial charge in [0.05, 0.1) is 24.6 Å². The number of carbonyl (C=O) groups is 1. The molecule has 1 amide bonds. The van der Waals surface area contributed by atoms with E-state index in [0.29, 0.717) is 17.1 Å². The molecule has 2 aromatic rings. The number of hydrogen-bond donors (Lipinski definition) is 3. The fourth-order valence-corrected chi connectivity index (χ4v) is 2.47. The van der Waals surface area contributed by atoms with Crippen LogP contribution in [-0.4, -0.2) is 27.7 Å². The van der Waals surface area contributed by atoms with Gasteiger partial charge in [0.2, 0.25) is 10.0 Å². The lowest BCUT2D eigenvalue weighted by Gasteiger charge is -2.10. The summed E-state index contributed by atoms with van der Waals surface area (Å²) in [7, 11) is -1.84. The van der Waals surface area contributed by atoms with Crippen LogP contribution in [0, 0.1) is 0 Å². The number of nitrogen functional groups attached to an aromatic ring is 1. The molecule has 122 valence electrons. The Bertz CT molecular complexity index is 817. The van der Waals surface area contributed by atoms with Crippen LogP contribution in [0.1, 0.15) is 10.4 Å². The molecular weight excluding hydrogens is 318 g/mol. The van der Waals surface area contributed by atoms with Crippen molar-refractivity contribution in [2.75, 3.05) is 29.1 Å². The Morgan fingerprint density at radius 1 is 1.09 bits per heavy atom. The zero-order chi connectivity index (χ0) is 17.0. The highest BCUT2D eigenvalue weighted by Gasteiger charge is 2.12. The van der Waals surface area contributed by atoms with Crippen molar-refractivity contribution in [1.82, 2.24) is 0 Å². The monoisotopic (exact) mass is 335 g/mol. The number of carbonyl (C=O) groups excluding carboxylic acids is 1. The predicted octanol–water partition coefficient (Wildman–Crippen LogP) is 1.90. The lowest BCUT2D eigenvalue weighted by Crippen LogP contribution is -2.15. The van der Waals surface area contributed by atoms with Gasteiger partial charge in [-0.2, -0.15) is 0 Å². The third kappa shape index (κ3) is 4.62. The lowest BCUT2D eigenvalue weighted by atomic mass is 10.1. The average molecular weight is 335 g/mol. The summed E-state index contributed by atoms with van der Waals surface area (Å²) in [6.07, 6.45) is 1.04. The number of nitrogens with one attached hydrogen (secondary N) is 2. The van der Waals surface area contributed by atoms with Crippen molar-refractivity contribution in [3.05, 3.63) is 48.0 Å². The van der Waals surface area contributed by atoms with Crippen LogP contribution < -0.4 is 20.5 Å². The van der Waals surface area contributed by atoms with Crippen molar-refractivity contribution in [3.63, 3.8) is 0 Å². The standard InChI is InChI=1S/C15H17N3O4S/c1-22-12-6-3-10(4-7-12)17-15(19)13-8-5-11(9-14(13)16)18-23(2,20)21/h3-9,18H,16H2,1-2H3,(H,17,19). The summed E-state index contributed by atoms with van der Waals surface area (Å²) in [5.41, 5.74) is 7.13. The van der Waals surface area contributed by atoms with Gasteiger partial charge in [-0.25, -0.2) is 8.42 Å². The summed E-state index contributed by atoms with van der Waals surface area (Å²) in [6.45, 7) is 0. The van der Waals surface area contributed by atoms with E-state index < -0.39 is 15.9 Å². The molecule has 0 aliphatic heterocycles. The zero-order valence-corrected chi connectivity index (χ0v) is 13.5. The first-order chi connectivity index (χ1) is 10.8. The van der Waals surface area contributed by atoms with E-state index in [0.717, 1.165) is 6.26 Å². The Hall–Kier alpha value is -2.74. The van der Waals surface area contributed by atoms with Gasteiger partial charge in [0.15, 0.2) is 0 Å². The second-order valence-corrected chi connectivity index (χ2v) is 6.61. The molecule has 2 rings (SSSR count). The third-order valence-electron chi connectivity index (χ3n) is 2.95. The number of benzene rings is 2. The molecule has 0 atom stereocenters. The van der Waals surface area contributed by atoms with Crippen LogP contribution in [0.5, 0.6) is 5.75 Å². The largest absolute Gasteiger partial charge is 0.497 e. The van der Waals surface area contributed by atoms with Gasteiger partial charge in [-0.3, -0.25) is 9.52 Å². The van der Waals surface area contributed by atoms with Gasteiger partial charge in [-0.05, 0) is 42.5 Å². The molecule has 0 bridgehead atoms. The maximum atomic E-state index is 12.2. The highest BCUT2D eigenvalue weighted by atomic mass is 32.2. The van der Waals surface area contributed by atoms with Crippen LogP contribution in [0.2, 0.25) is 0 Å². The molecule has 4 N–H and O–H groups in total. The molecule has 8 heteroatoms. The van der Waals surface area contributed by atoms with Crippen LogP contribution in [0.3, 0.4) is 0 Å². The summed E-state index contributed by atoms with van der Waals surface area (Å²) in [5, 5.41) is 2.70. The van der Waals surface area contributed by atoms with E-state index in [2.05, 4.69) is 10.0 Å². The van der Waals surface area contributed by atoms with Crippen LogP contribution in [-0.2, 0) is 10.0 Å². The molecular formula is C15H17N3O4S. The Morgan fingerprint density at radius 2 is 1.70 bits per heavy atom. The molecule has 2 aromatic carbocycles. The molecule has 0 unspecified atom stereocenters. The highest BCUT2D eigenvalue weighted by Crippen LogP contribution is 2.21. The van der Waals surface area contributed by atoms with Gasteiger partial charge in [0.25, 0.3) is 5.91 Å². The molecule has 0 aliphatic carbocycles. The number of amides is 1. The number of hydrogen-bond acceptors (Lipinski definition) is 5. The van der Waals surface area contributed by atoms with Gasteiger partial charge < -0.3 is 15.8 Å². The number of sulfonamides is 1. The number of rotatable bonds is 5. The fourth-order valence-electron chi connectivity index (χ4n) is 1.92. The number of nitrogens with two attached hydrogens (primary N) is 1. The van der Waals surface area contributed by atoms with Gasteiger partial charge in [-0.15, -0.1) is 0 Å². The maximum absolute atomic E-state index is 12.2. The molecule has 0 aromatic heterocycles.